The van der Waals surface area contributed by atoms with Crippen molar-refractivity contribution in [1.82, 2.24) is 14.3 Å². The molecule has 0 saturated carbocycles. The highest BCUT2D eigenvalue weighted by Gasteiger charge is 2.39. The van der Waals surface area contributed by atoms with E-state index in [1.807, 2.05) is 32.9 Å². The second kappa shape index (κ2) is 7.76. The summed E-state index contributed by atoms with van der Waals surface area (Å²) in [6, 6.07) is 3.71. The Labute approximate surface area is 169 Å². The highest BCUT2D eigenvalue weighted by Crippen LogP contribution is 2.33. The molecular weight excluding hydrogens is 400 g/mol. The highest BCUT2D eigenvalue weighted by atomic mass is 32.2. The molecule has 0 aliphatic carbocycles. The second-order valence-corrected chi connectivity index (χ2v) is 10.4. The van der Waals surface area contributed by atoms with Crippen LogP contribution in [0.2, 0.25) is 0 Å². The van der Waals surface area contributed by atoms with Crippen LogP contribution in [-0.4, -0.2) is 47.3 Å². The van der Waals surface area contributed by atoms with Crippen LogP contribution in [0.25, 0.3) is 0 Å². The van der Waals surface area contributed by atoms with Gasteiger partial charge < -0.3 is 10.1 Å². The number of ether oxygens (including phenoxy) is 1. The Hall–Kier alpha value is -2.04. The SMILES string of the molecule is CC(=O)Nc1ncc(S(=O)(=O)N2CCC[C@](C)(Oc3cc(C)nc(C)c3)C2)s1. The van der Waals surface area contributed by atoms with Gasteiger partial charge in [0.1, 0.15) is 11.4 Å². The molecule has 1 aliphatic rings. The molecule has 1 atom stereocenters. The number of hydrogen-bond donors (Lipinski definition) is 1. The van der Waals surface area contributed by atoms with E-state index in [2.05, 4.69) is 15.3 Å². The molecule has 8 nitrogen and oxygen atoms in total. The Morgan fingerprint density at radius 2 is 2.00 bits per heavy atom. The molecule has 0 radical (unpaired) electrons. The van der Waals surface area contributed by atoms with Gasteiger partial charge in [0, 0.05) is 37.0 Å². The predicted molar refractivity (Wildman–Crippen MR) is 107 cm³/mol. The van der Waals surface area contributed by atoms with Crippen LogP contribution in [0.3, 0.4) is 0 Å². The van der Waals surface area contributed by atoms with Crippen molar-refractivity contribution in [3.8, 4) is 5.75 Å². The van der Waals surface area contributed by atoms with E-state index in [4.69, 9.17) is 4.74 Å². The maximum atomic E-state index is 13.1. The van der Waals surface area contributed by atoms with Crippen LogP contribution >= 0.6 is 11.3 Å². The van der Waals surface area contributed by atoms with E-state index in [1.54, 1.807) is 0 Å². The van der Waals surface area contributed by atoms with Crippen LogP contribution < -0.4 is 10.1 Å². The van der Waals surface area contributed by atoms with Gasteiger partial charge in [-0.3, -0.25) is 9.78 Å². The normalized spacial score (nSPS) is 20.7. The molecule has 1 aliphatic heterocycles. The molecule has 0 bridgehead atoms. The van der Waals surface area contributed by atoms with Crippen LogP contribution in [0.5, 0.6) is 5.75 Å². The van der Waals surface area contributed by atoms with Gasteiger partial charge in [0.15, 0.2) is 9.34 Å². The Morgan fingerprint density at radius 3 is 2.64 bits per heavy atom. The number of sulfonamides is 1. The van der Waals surface area contributed by atoms with Crippen LogP contribution in [0.15, 0.2) is 22.5 Å². The van der Waals surface area contributed by atoms with E-state index in [1.165, 1.54) is 17.4 Å². The lowest BCUT2D eigenvalue weighted by molar-refractivity contribution is -0.114. The number of anilines is 1. The van der Waals surface area contributed by atoms with Crippen molar-refractivity contribution in [3.63, 3.8) is 0 Å². The number of thiazole rings is 1. The van der Waals surface area contributed by atoms with Gasteiger partial charge >= 0.3 is 0 Å². The van der Waals surface area contributed by atoms with Crippen molar-refractivity contribution in [2.75, 3.05) is 18.4 Å². The molecule has 2 aromatic rings. The summed E-state index contributed by atoms with van der Waals surface area (Å²) in [5.41, 5.74) is 1.07. The fourth-order valence-electron chi connectivity index (χ4n) is 3.30. The van der Waals surface area contributed by atoms with Crippen molar-refractivity contribution in [1.29, 1.82) is 0 Å². The van der Waals surface area contributed by atoms with E-state index < -0.39 is 15.6 Å². The molecule has 1 saturated heterocycles. The van der Waals surface area contributed by atoms with Gasteiger partial charge in [-0.15, -0.1) is 0 Å². The number of nitrogens with zero attached hydrogens (tertiary/aromatic N) is 3. The number of aryl methyl sites for hydroxylation is 2. The fraction of sp³-hybridized carbons (Fsp3) is 0.500. The Bertz CT molecular complexity index is 969. The number of rotatable bonds is 5. The standard InChI is InChI=1S/C18H24N4O4S2/c1-12-8-15(9-13(2)20-12)26-18(4)6-5-7-22(11-18)28(24,25)16-10-19-17(27-16)21-14(3)23/h8-10H,5-7,11H2,1-4H3,(H,19,21,23)/t18-/m0/s1. The zero-order chi connectivity index (χ0) is 20.5. The minimum absolute atomic E-state index is 0.108. The zero-order valence-corrected chi connectivity index (χ0v) is 18.0. The maximum Gasteiger partial charge on any atom is 0.254 e. The highest BCUT2D eigenvalue weighted by molar-refractivity contribution is 7.91. The molecule has 1 amide bonds. The van der Waals surface area contributed by atoms with Crippen LogP contribution in [0.4, 0.5) is 5.13 Å². The molecule has 0 spiro atoms. The third-order valence-electron chi connectivity index (χ3n) is 4.40. The van der Waals surface area contributed by atoms with Gasteiger partial charge in [-0.25, -0.2) is 13.4 Å². The van der Waals surface area contributed by atoms with Crippen molar-refractivity contribution in [2.24, 2.45) is 0 Å². The third-order valence-corrected chi connectivity index (χ3v) is 7.60. The van der Waals surface area contributed by atoms with Crippen molar-refractivity contribution in [2.45, 2.75) is 50.3 Å². The van der Waals surface area contributed by atoms with E-state index in [9.17, 15) is 13.2 Å². The summed E-state index contributed by atoms with van der Waals surface area (Å²) in [6.45, 7) is 7.74. The number of amides is 1. The van der Waals surface area contributed by atoms with Crippen LogP contribution in [0.1, 0.15) is 38.1 Å². The molecule has 2 aromatic heterocycles. The number of piperidine rings is 1. The number of carbonyl (C=O) groups is 1. The number of nitrogens with one attached hydrogen (secondary N) is 1. The minimum Gasteiger partial charge on any atom is -0.486 e. The van der Waals surface area contributed by atoms with Gasteiger partial charge in [0.05, 0.1) is 12.7 Å². The van der Waals surface area contributed by atoms with E-state index in [0.29, 0.717) is 18.7 Å². The van der Waals surface area contributed by atoms with Crippen molar-refractivity contribution in [3.05, 3.63) is 29.7 Å². The largest absolute Gasteiger partial charge is 0.486 e. The minimum atomic E-state index is -3.71. The lowest BCUT2D eigenvalue weighted by Gasteiger charge is -2.39. The predicted octanol–water partition coefficient (Wildman–Crippen LogP) is 2.74. The first-order valence-electron chi connectivity index (χ1n) is 8.95. The summed E-state index contributed by atoms with van der Waals surface area (Å²) in [4.78, 5) is 19.5. The topological polar surface area (TPSA) is 101 Å². The first-order valence-corrected chi connectivity index (χ1v) is 11.2. The van der Waals surface area contributed by atoms with Crippen LogP contribution in [0, 0.1) is 13.8 Å². The van der Waals surface area contributed by atoms with Gasteiger partial charge in [-0.1, -0.05) is 11.3 Å². The van der Waals surface area contributed by atoms with Gasteiger partial charge in [-0.2, -0.15) is 4.31 Å². The molecular formula is C18H24N4O4S2. The molecule has 152 valence electrons. The Balaban J connectivity index is 1.79. The molecule has 3 rings (SSSR count). The molecule has 1 fully saturated rings. The van der Waals surface area contributed by atoms with E-state index in [-0.39, 0.29) is 21.8 Å². The molecule has 28 heavy (non-hydrogen) atoms. The molecule has 3 heterocycles. The van der Waals surface area contributed by atoms with E-state index >= 15 is 0 Å². The summed E-state index contributed by atoms with van der Waals surface area (Å²) in [6.07, 6.45) is 2.73. The number of pyridine rings is 1. The van der Waals surface area contributed by atoms with Gasteiger partial charge in [0.25, 0.3) is 10.0 Å². The maximum absolute atomic E-state index is 13.1. The quantitative estimate of drug-likeness (QED) is 0.792. The Kier molecular flexibility index (Phi) is 5.74. The fourth-order valence-corrected chi connectivity index (χ4v) is 6.13. The lowest BCUT2D eigenvalue weighted by Crippen LogP contribution is -2.51. The second-order valence-electron chi connectivity index (χ2n) is 7.25. The number of hydrogen-bond acceptors (Lipinski definition) is 7. The van der Waals surface area contributed by atoms with Crippen molar-refractivity contribution < 1.29 is 17.9 Å². The van der Waals surface area contributed by atoms with Crippen LogP contribution in [-0.2, 0) is 14.8 Å². The van der Waals surface area contributed by atoms with E-state index in [0.717, 1.165) is 29.1 Å². The summed E-state index contributed by atoms with van der Waals surface area (Å²) < 4.78 is 33.9. The third kappa shape index (κ3) is 4.68. The van der Waals surface area contributed by atoms with Gasteiger partial charge in [0.2, 0.25) is 5.91 Å². The molecule has 10 heteroatoms. The molecule has 0 aromatic carbocycles. The number of aromatic nitrogens is 2. The average Bonchev–Trinajstić information content (AvgIpc) is 3.02. The summed E-state index contributed by atoms with van der Waals surface area (Å²) >= 11 is 0.948. The summed E-state index contributed by atoms with van der Waals surface area (Å²) in [5.74, 6) is 0.401. The Morgan fingerprint density at radius 1 is 1.32 bits per heavy atom. The first kappa shape index (κ1) is 20.7. The van der Waals surface area contributed by atoms with Gasteiger partial charge in [-0.05, 0) is 33.6 Å². The van der Waals surface area contributed by atoms with Crippen molar-refractivity contribution >= 4 is 32.4 Å². The first-order chi connectivity index (χ1) is 13.1. The molecule has 1 N–H and O–H groups in total. The smallest absolute Gasteiger partial charge is 0.254 e. The monoisotopic (exact) mass is 424 g/mol. The lowest BCUT2D eigenvalue weighted by atomic mass is 9.96. The molecule has 0 unspecified atom stereocenters. The summed E-state index contributed by atoms with van der Waals surface area (Å²) in [7, 11) is -3.71. The number of carbonyl (C=O) groups excluding carboxylic acids is 1. The zero-order valence-electron chi connectivity index (χ0n) is 16.4. The average molecular weight is 425 g/mol. The summed E-state index contributed by atoms with van der Waals surface area (Å²) in [5, 5.41) is 2.78.